The molecule has 0 aromatic carbocycles. The molecule has 12 heavy (non-hydrogen) atoms. The second kappa shape index (κ2) is 5.97. The maximum atomic E-state index is 11.2. The van der Waals surface area contributed by atoms with Gasteiger partial charge in [0.1, 0.15) is 0 Å². The Bertz CT molecular complexity index is 136. The second-order valence-electron chi connectivity index (χ2n) is 2.81. The Labute approximate surface area is 73.4 Å². The molecule has 1 unspecified atom stereocenters. The van der Waals surface area contributed by atoms with Crippen molar-refractivity contribution in [2.24, 2.45) is 0 Å². The first-order valence-electron chi connectivity index (χ1n) is 3.83. The van der Waals surface area contributed by atoms with Gasteiger partial charge in [-0.15, -0.1) is 0 Å². The number of carbonyl (C=O) groups is 1. The Hall–Kier alpha value is -0.610. The number of methoxy groups -OCH3 is 2. The predicted octanol–water partition coefficient (Wildman–Crippen LogP) is 0.126. The van der Waals surface area contributed by atoms with Gasteiger partial charge in [-0.25, -0.2) is 0 Å². The summed E-state index contributed by atoms with van der Waals surface area (Å²) in [5.41, 5.74) is 0. The zero-order valence-electron chi connectivity index (χ0n) is 8.16. The third-order valence-electron chi connectivity index (χ3n) is 1.59. The smallest absolute Gasteiger partial charge is 0.224 e. The molecule has 1 atom stereocenters. The van der Waals surface area contributed by atoms with Crippen LogP contribution in [0.3, 0.4) is 0 Å². The molecule has 0 aliphatic rings. The van der Waals surface area contributed by atoms with E-state index < -0.39 is 0 Å². The van der Waals surface area contributed by atoms with Gasteiger partial charge in [0.15, 0.2) is 0 Å². The van der Waals surface area contributed by atoms with E-state index >= 15 is 0 Å². The number of carbonyl (C=O) groups excluding carboxylic acids is 1. The number of hydrogen-bond acceptors (Lipinski definition) is 3. The van der Waals surface area contributed by atoms with Crippen molar-refractivity contribution < 1.29 is 14.3 Å². The van der Waals surface area contributed by atoms with E-state index in [9.17, 15) is 4.79 Å². The van der Waals surface area contributed by atoms with Crippen LogP contribution in [0.25, 0.3) is 0 Å². The molecule has 0 saturated heterocycles. The average molecular weight is 175 g/mol. The van der Waals surface area contributed by atoms with Gasteiger partial charge in [-0.1, -0.05) is 0 Å². The summed E-state index contributed by atoms with van der Waals surface area (Å²) in [4.78, 5) is 12.7. The monoisotopic (exact) mass is 175 g/mol. The van der Waals surface area contributed by atoms with Crippen molar-refractivity contribution in [1.82, 2.24) is 4.90 Å². The highest BCUT2D eigenvalue weighted by Gasteiger charge is 2.13. The first kappa shape index (κ1) is 11.4. The molecule has 1 amide bonds. The summed E-state index contributed by atoms with van der Waals surface area (Å²) in [6, 6.07) is 0. The van der Waals surface area contributed by atoms with Gasteiger partial charge in [-0.3, -0.25) is 4.79 Å². The third kappa shape index (κ3) is 4.31. The van der Waals surface area contributed by atoms with E-state index in [-0.39, 0.29) is 12.0 Å². The second-order valence-corrected chi connectivity index (χ2v) is 2.81. The van der Waals surface area contributed by atoms with Gasteiger partial charge >= 0.3 is 0 Å². The molecule has 0 aromatic heterocycles. The van der Waals surface area contributed by atoms with Gasteiger partial charge in [0, 0.05) is 28.3 Å². The number of ether oxygens (including phenoxy) is 2. The number of nitrogens with zero attached hydrogens (tertiary/aromatic N) is 1. The Morgan fingerprint density at radius 1 is 1.42 bits per heavy atom. The minimum absolute atomic E-state index is 0.0545. The topological polar surface area (TPSA) is 38.8 Å². The maximum Gasteiger partial charge on any atom is 0.224 e. The summed E-state index contributed by atoms with van der Waals surface area (Å²) in [5, 5.41) is 0. The van der Waals surface area contributed by atoms with Gasteiger partial charge in [0.25, 0.3) is 0 Å². The summed E-state index contributed by atoms with van der Waals surface area (Å²) in [6.07, 6.45) is 0.238. The number of amides is 1. The molecule has 0 saturated carbocycles. The highest BCUT2D eigenvalue weighted by Crippen LogP contribution is 1.99. The summed E-state index contributed by atoms with van der Waals surface area (Å²) in [5.74, 6) is 0.0545. The molecule has 0 aromatic rings. The highest BCUT2D eigenvalue weighted by atomic mass is 16.5. The minimum atomic E-state index is -0.134. The van der Waals surface area contributed by atoms with Crippen LogP contribution in [0.4, 0.5) is 0 Å². The molecule has 0 radical (unpaired) electrons. The van der Waals surface area contributed by atoms with Gasteiger partial charge in [0.05, 0.1) is 19.1 Å². The predicted molar refractivity (Wildman–Crippen MR) is 46.0 cm³/mol. The summed E-state index contributed by atoms with van der Waals surface area (Å²) in [6.45, 7) is 0.454. The van der Waals surface area contributed by atoms with Crippen LogP contribution in [0.15, 0.2) is 0 Å². The van der Waals surface area contributed by atoms with Crippen LogP contribution in [0.1, 0.15) is 6.42 Å². The summed E-state index contributed by atoms with van der Waals surface area (Å²) >= 11 is 0. The first-order chi connectivity index (χ1) is 5.61. The van der Waals surface area contributed by atoms with Crippen LogP contribution >= 0.6 is 0 Å². The van der Waals surface area contributed by atoms with E-state index in [1.165, 1.54) is 0 Å². The molecule has 72 valence electrons. The molecular formula is C8H17NO3. The van der Waals surface area contributed by atoms with Crippen LogP contribution in [-0.2, 0) is 14.3 Å². The van der Waals surface area contributed by atoms with Crippen molar-refractivity contribution in [2.75, 3.05) is 34.9 Å². The molecule has 0 rings (SSSR count). The fourth-order valence-electron chi connectivity index (χ4n) is 0.774. The van der Waals surface area contributed by atoms with E-state index in [1.54, 1.807) is 33.2 Å². The molecule has 0 fully saturated rings. The van der Waals surface area contributed by atoms with Gasteiger partial charge < -0.3 is 14.4 Å². The van der Waals surface area contributed by atoms with Crippen LogP contribution in [0, 0.1) is 0 Å². The minimum Gasteiger partial charge on any atom is -0.382 e. The molecule has 4 heteroatoms. The standard InChI is InChI=1S/C8H17NO3/c1-9(2)8(10)5-7(12-4)6-11-3/h7H,5-6H2,1-4H3. The Morgan fingerprint density at radius 2 is 2.00 bits per heavy atom. The van der Waals surface area contributed by atoms with Crippen molar-refractivity contribution in [3.8, 4) is 0 Å². The number of rotatable bonds is 5. The van der Waals surface area contributed by atoms with Crippen LogP contribution in [-0.4, -0.2) is 51.8 Å². The van der Waals surface area contributed by atoms with Crippen LogP contribution < -0.4 is 0 Å². The maximum absolute atomic E-state index is 11.2. The molecule has 0 spiro atoms. The molecule has 0 N–H and O–H groups in total. The van der Waals surface area contributed by atoms with Crippen molar-refractivity contribution in [3.05, 3.63) is 0 Å². The number of hydrogen-bond donors (Lipinski definition) is 0. The highest BCUT2D eigenvalue weighted by molar-refractivity contribution is 5.76. The van der Waals surface area contributed by atoms with Crippen molar-refractivity contribution in [3.63, 3.8) is 0 Å². The quantitative estimate of drug-likeness (QED) is 0.596. The van der Waals surface area contributed by atoms with E-state index in [2.05, 4.69) is 0 Å². The summed E-state index contributed by atoms with van der Waals surface area (Å²) in [7, 11) is 6.61. The van der Waals surface area contributed by atoms with E-state index in [0.717, 1.165) is 0 Å². The SMILES string of the molecule is COCC(CC(=O)N(C)C)OC. The third-order valence-corrected chi connectivity index (χ3v) is 1.59. The molecule has 0 heterocycles. The molecule has 0 aliphatic carbocycles. The van der Waals surface area contributed by atoms with Gasteiger partial charge in [-0.2, -0.15) is 0 Å². The van der Waals surface area contributed by atoms with Crippen LogP contribution in [0.2, 0.25) is 0 Å². The van der Waals surface area contributed by atoms with E-state index in [1.807, 2.05) is 0 Å². The normalized spacial score (nSPS) is 12.7. The Kier molecular flexibility index (Phi) is 5.66. The van der Waals surface area contributed by atoms with Crippen LogP contribution in [0.5, 0.6) is 0 Å². The van der Waals surface area contributed by atoms with Gasteiger partial charge in [-0.05, 0) is 0 Å². The lowest BCUT2D eigenvalue weighted by molar-refractivity contribution is -0.132. The lowest BCUT2D eigenvalue weighted by atomic mass is 10.2. The lowest BCUT2D eigenvalue weighted by Crippen LogP contribution is -2.29. The van der Waals surface area contributed by atoms with E-state index in [4.69, 9.17) is 9.47 Å². The molecule has 0 bridgehead atoms. The van der Waals surface area contributed by atoms with Crippen molar-refractivity contribution >= 4 is 5.91 Å². The largest absolute Gasteiger partial charge is 0.382 e. The fourth-order valence-corrected chi connectivity index (χ4v) is 0.774. The first-order valence-corrected chi connectivity index (χ1v) is 3.83. The lowest BCUT2D eigenvalue weighted by Gasteiger charge is -2.16. The molecular weight excluding hydrogens is 158 g/mol. The molecule has 0 aliphatic heterocycles. The van der Waals surface area contributed by atoms with E-state index in [0.29, 0.717) is 13.0 Å². The zero-order chi connectivity index (χ0) is 9.56. The average Bonchev–Trinajstić information content (AvgIpc) is 2.03. The fraction of sp³-hybridized carbons (Fsp3) is 0.875. The summed E-state index contributed by atoms with van der Waals surface area (Å²) < 4.78 is 9.92. The van der Waals surface area contributed by atoms with Crippen molar-refractivity contribution in [1.29, 1.82) is 0 Å². The molecule has 4 nitrogen and oxygen atoms in total. The van der Waals surface area contributed by atoms with Gasteiger partial charge in [0.2, 0.25) is 5.91 Å². The Balaban J connectivity index is 3.77. The van der Waals surface area contributed by atoms with Crippen molar-refractivity contribution in [2.45, 2.75) is 12.5 Å². The zero-order valence-corrected chi connectivity index (χ0v) is 8.16. The Morgan fingerprint density at radius 3 is 2.33 bits per heavy atom.